The molecule has 0 aromatic heterocycles. The summed E-state index contributed by atoms with van der Waals surface area (Å²) in [6, 6.07) is 0.372. The molecule has 0 radical (unpaired) electrons. The van der Waals surface area contributed by atoms with Gasteiger partial charge in [-0.15, -0.1) is 0 Å². The largest absolute Gasteiger partial charge is 0.481 e. The Balaban J connectivity index is 1.76. The van der Waals surface area contributed by atoms with Crippen molar-refractivity contribution in [3.05, 3.63) is 0 Å². The highest BCUT2D eigenvalue weighted by Crippen LogP contribution is 2.49. The summed E-state index contributed by atoms with van der Waals surface area (Å²) in [4.78, 5) is 11.6. The summed E-state index contributed by atoms with van der Waals surface area (Å²) < 4.78 is 6.12. The van der Waals surface area contributed by atoms with Crippen LogP contribution in [-0.2, 0) is 9.53 Å². The van der Waals surface area contributed by atoms with Gasteiger partial charge in [-0.3, -0.25) is 4.79 Å². The van der Waals surface area contributed by atoms with E-state index >= 15 is 0 Å². The third kappa shape index (κ3) is 2.27. The van der Waals surface area contributed by atoms with Gasteiger partial charge in [-0.2, -0.15) is 0 Å². The van der Waals surface area contributed by atoms with Gasteiger partial charge >= 0.3 is 5.97 Å². The quantitative estimate of drug-likeness (QED) is 0.834. The highest BCUT2D eigenvalue weighted by molar-refractivity contribution is 5.72. The molecule has 0 aromatic rings. The third-order valence-corrected chi connectivity index (χ3v) is 5.67. The van der Waals surface area contributed by atoms with Crippen LogP contribution in [0.25, 0.3) is 0 Å². The standard InChI is InChI=1S/C16H27NO3/c1-15(2)8-11(16(3,4)20-15)17-13-10-6-5-9(7-10)12(13)14(18)19/h9-13,17H,5-8H2,1-4H3,(H,18,19). The molecule has 0 spiro atoms. The summed E-state index contributed by atoms with van der Waals surface area (Å²) in [5.41, 5.74) is -0.355. The van der Waals surface area contributed by atoms with Gasteiger partial charge in [0.15, 0.2) is 0 Å². The average Bonchev–Trinajstić information content (AvgIpc) is 2.90. The Hall–Kier alpha value is -0.610. The molecule has 2 bridgehead atoms. The first kappa shape index (κ1) is 14.3. The van der Waals surface area contributed by atoms with E-state index in [4.69, 9.17) is 4.74 Å². The van der Waals surface area contributed by atoms with Gasteiger partial charge in [-0.1, -0.05) is 0 Å². The number of hydrogen-bond donors (Lipinski definition) is 2. The summed E-state index contributed by atoms with van der Waals surface area (Å²) in [7, 11) is 0. The first-order valence-electron chi connectivity index (χ1n) is 7.89. The molecule has 5 unspecified atom stereocenters. The second-order valence-electron chi connectivity index (χ2n) is 8.11. The maximum atomic E-state index is 11.6. The summed E-state index contributed by atoms with van der Waals surface area (Å²) in [5, 5.41) is 13.2. The number of rotatable bonds is 3. The summed E-state index contributed by atoms with van der Waals surface area (Å²) in [6.45, 7) is 8.46. The Labute approximate surface area is 121 Å². The topological polar surface area (TPSA) is 58.6 Å². The minimum atomic E-state index is -0.620. The number of ether oxygens (including phenoxy) is 1. The average molecular weight is 281 g/mol. The van der Waals surface area contributed by atoms with E-state index in [0.717, 1.165) is 19.3 Å². The summed E-state index contributed by atoms with van der Waals surface area (Å²) in [5.74, 6) is 0.105. The molecule has 0 aromatic carbocycles. The lowest BCUT2D eigenvalue weighted by molar-refractivity contribution is -0.144. The number of hydrogen-bond acceptors (Lipinski definition) is 3. The first-order chi connectivity index (χ1) is 9.20. The smallest absolute Gasteiger partial charge is 0.308 e. The number of fused-ring (bicyclic) bond motifs is 2. The van der Waals surface area contributed by atoms with E-state index in [-0.39, 0.29) is 29.2 Å². The van der Waals surface area contributed by atoms with Gasteiger partial charge in [-0.25, -0.2) is 0 Å². The van der Waals surface area contributed by atoms with Gasteiger partial charge in [-0.05, 0) is 65.2 Å². The van der Waals surface area contributed by atoms with Crippen molar-refractivity contribution in [2.75, 3.05) is 0 Å². The van der Waals surface area contributed by atoms with Crippen LogP contribution in [0.4, 0.5) is 0 Å². The highest BCUT2D eigenvalue weighted by atomic mass is 16.5. The van der Waals surface area contributed by atoms with E-state index in [2.05, 4.69) is 33.0 Å². The summed E-state index contributed by atoms with van der Waals surface area (Å²) >= 11 is 0. The molecular weight excluding hydrogens is 254 g/mol. The molecule has 1 aliphatic heterocycles. The molecule has 1 saturated heterocycles. The van der Waals surface area contributed by atoms with Gasteiger partial charge in [0.05, 0.1) is 17.1 Å². The molecule has 3 fully saturated rings. The van der Waals surface area contributed by atoms with Gasteiger partial charge in [0, 0.05) is 12.1 Å². The Morgan fingerprint density at radius 2 is 1.85 bits per heavy atom. The molecule has 0 amide bonds. The second kappa shape index (κ2) is 4.44. The van der Waals surface area contributed by atoms with E-state index in [1.165, 1.54) is 6.42 Å². The van der Waals surface area contributed by atoms with Crippen LogP contribution in [0.2, 0.25) is 0 Å². The van der Waals surface area contributed by atoms with Crippen LogP contribution in [0.3, 0.4) is 0 Å². The number of carboxylic acid groups (broad SMARTS) is 1. The lowest BCUT2D eigenvalue weighted by Gasteiger charge is -2.35. The number of carboxylic acids is 1. The molecule has 2 saturated carbocycles. The molecule has 4 nitrogen and oxygen atoms in total. The predicted molar refractivity (Wildman–Crippen MR) is 76.5 cm³/mol. The fraction of sp³-hybridized carbons (Fsp3) is 0.938. The third-order valence-electron chi connectivity index (χ3n) is 5.67. The summed E-state index contributed by atoms with van der Waals surface area (Å²) in [6.07, 6.45) is 4.31. The number of aliphatic carboxylic acids is 1. The Morgan fingerprint density at radius 3 is 2.40 bits per heavy atom. The first-order valence-corrected chi connectivity index (χ1v) is 7.89. The molecular formula is C16H27NO3. The monoisotopic (exact) mass is 281 g/mol. The Morgan fingerprint density at radius 1 is 1.20 bits per heavy atom. The van der Waals surface area contributed by atoms with Crippen molar-refractivity contribution in [1.29, 1.82) is 0 Å². The normalized spacial score (nSPS) is 44.9. The Bertz CT molecular complexity index is 418. The lowest BCUT2D eigenvalue weighted by Crippen LogP contribution is -2.53. The van der Waals surface area contributed by atoms with E-state index in [1.54, 1.807) is 0 Å². The number of carbonyl (C=O) groups is 1. The van der Waals surface area contributed by atoms with Crippen molar-refractivity contribution in [3.8, 4) is 0 Å². The van der Waals surface area contributed by atoms with E-state index in [1.807, 2.05) is 0 Å². The maximum absolute atomic E-state index is 11.6. The minimum absolute atomic E-state index is 0.127. The van der Waals surface area contributed by atoms with Crippen molar-refractivity contribution >= 4 is 5.97 Å². The van der Waals surface area contributed by atoms with E-state index in [9.17, 15) is 9.90 Å². The molecule has 3 rings (SSSR count). The van der Waals surface area contributed by atoms with Crippen LogP contribution in [0.5, 0.6) is 0 Å². The van der Waals surface area contributed by atoms with Gasteiger partial charge in [0.2, 0.25) is 0 Å². The van der Waals surface area contributed by atoms with Gasteiger partial charge in [0.25, 0.3) is 0 Å². The van der Waals surface area contributed by atoms with Crippen LogP contribution in [0.15, 0.2) is 0 Å². The van der Waals surface area contributed by atoms with Crippen LogP contribution in [0, 0.1) is 17.8 Å². The maximum Gasteiger partial charge on any atom is 0.308 e. The zero-order valence-corrected chi connectivity index (χ0v) is 13.0. The zero-order valence-electron chi connectivity index (χ0n) is 13.0. The van der Waals surface area contributed by atoms with Gasteiger partial charge < -0.3 is 15.2 Å². The molecule has 114 valence electrons. The molecule has 4 heteroatoms. The predicted octanol–water partition coefficient (Wildman–Crippen LogP) is 2.42. The van der Waals surface area contributed by atoms with Crippen molar-refractivity contribution in [2.45, 2.75) is 76.7 Å². The molecule has 2 N–H and O–H groups in total. The molecule has 3 aliphatic rings. The molecule has 5 atom stereocenters. The molecule has 20 heavy (non-hydrogen) atoms. The van der Waals surface area contributed by atoms with Crippen LogP contribution in [-0.4, -0.2) is 34.4 Å². The molecule has 1 heterocycles. The van der Waals surface area contributed by atoms with Crippen molar-refractivity contribution in [3.63, 3.8) is 0 Å². The molecule has 2 aliphatic carbocycles. The lowest BCUT2D eigenvalue weighted by atomic mass is 9.82. The fourth-order valence-corrected chi connectivity index (χ4v) is 4.94. The Kier molecular flexibility index (Phi) is 3.18. The van der Waals surface area contributed by atoms with Crippen molar-refractivity contribution < 1.29 is 14.6 Å². The number of nitrogens with one attached hydrogen (secondary N) is 1. The van der Waals surface area contributed by atoms with E-state index < -0.39 is 5.97 Å². The zero-order chi connectivity index (χ0) is 14.7. The fourth-order valence-electron chi connectivity index (χ4n) is 4.94. The highest BCUT2D eigenvalue weighted by Gasteiger charge is 2.54. The van der Waals surface area contributed by atoms with Crippen LogP contribution < -0.4 is 5.32 Å². The minimum Gasteiger partial charge on any atom is -0.481 e. The second-order valence-corrected chi connectivity index (χ2v) is 8.11. The van der Waals surface area contributed by atoms with Crippen molar-refractivity contribution in [2.24, 2.45) is 17.8 Å². The van der Waals surface area contributed by atoms with E-state index in [0.29, 0.717) is 11.8 Å². The van der Waals surface area contributed by atoms with Crippen LogP contribution in [0.1, 0.15) is 53.4 Å². The van der Waals surface area contributed by atoms with Crippen molar-refractivity contribution in [1.82, 2.24) is 5.32 Å². The van der Waals surface area contributed by atoms with Gasteiger partial charge in [0.1, 0.15) is 0 Å². The van der Waals surface area contributed by atoms with Crippen LogP contribution >= 0.6 is 0 Å². The SMILES string of the molecule is CC1(C)CC(NC2C3CCC(C3)C2C(=O)O)C(C)(C)O1.